The summed E-state index contributed by atoms with van der Waals surface area (Å²) in [7, 11) is 0. The third kappa shape index (κ3) is 3.65. The highest BCUT2D eigenvalue weighted by Gasteiger charge is 2.20. The number of hydrogen-bond acceptors (Lipinski definition) is 3. The van der Waals surface area contributed by atoms with Crippen molar-refractivity contribution in [2.45, 2.75) is 18.9 Å². The smallest absolute Gasteiger partial charge is 0.227 e. The van der Waals surface area contributed by atoms with E-state index in [0.717, 1.165) is 17.7 Å². The van der Waals surface area contributed by atoms with Gasteiger partial charge in [-0.1, -0.05) is 6.07 Å². The predicted molar refractivity (Wildman–Crippen MR) is 77.1 cm³/mol. The molecular weight excluding hydrogens is 296 g/mol. The van der Waals surface area contributed by atoms with Gasteiger partial charge in [-0.25, -0.2) is 8.78 Å². The maximum Gasteiger partial charge on any atom is 0.227 e. The summed E-state index contributed by atoms with van der Waals surface area (Å²) in [4.78, 5) is 11.9. The van der Waals surface area contributed by atoms with Gasteiger partial charge in [0.15, 0.2) is 0 Å². The first-order valence-electron chi connectivity index (χ1n) is 6.42. The summed E-state index contributed by atoms with van der Waals surface area (Å²) in [6.07, 6.45) is -1.43. The molecule has 0 saturated heterocycles. The second kappa shape index (κ2) is 6.78. The Morgan fingerprint density at radius 2 is 2.00 bits per heavy atom. The van der Waals surface area contributed by atoms with E-state index in [0.29, 0.717) is 0 Å². The molecule has 2 N–H and O–H groups in total. The molecule has 2 aromatic rings. The summed E-state index contributed by atoms with van der Waals surface area (Å²) < 4.78 is 27.0. The zero-order chi connectivity index (χ0) is 15.4. The van der Waals surface area contributed by atoms with Gasteiger partial charge in [0.25, 0.3) is 0 Å². The Hall–Kier alpha value is -1.79. The van der Waals surface area contributed by atoms with Crippen molar-refractivity contribution in [1.82, 2.24) is 5.32 Å². The molecular formula is C15H15F2NO2S. The number of nitrogens with one attached hydrogen (secondary N) is 1. The average Bonchev–Trinajstić information content (AvgIpc) is 2.97. The van der Waals surface area contributed by atoms with Crippen LogP contribution in [0.4, 0.5) is 8.78 Å². The van der Waals surface area contributed by atoms with E-state index in [1.165, 1.54) is 17.4 Å². The molecule has 0 aliphatic rings. The zero-order valence-electron chi connectivity index (χ0n) is 11.3. The van der Waals surface area contributed by atoms with Crippen LogP contribution >= 0.6 is 11.3 Å². The van der Waals surface area contributed by atoms with Gasteiger partial charge in [-0.05, 0) is 41.4 Å². The highest BCUT2D eigenvalue weighted by molar-refractivity contribution is 7.08. The number of thiophene rings is 1. The number of halogens is 2. The molecule has 0 fully saturated rings. The molecule has 0 aliphatic carbocycles. The maximum absolute atomic E-state index is 13.5. The summed E-state index contributed by atoms with van der Waals surface area (Å²) in [5, 5.41) is 16.1. The Morgan fingerprint density at radius 1 is 1.33 bits per heavy atom. The first kappa shape index (κ1) is 15.6. The quantitative estimate of drug-likeness (QED) is 0.892. The van der Waals surface area contributed by atoms with Crippen LogP contribution in [0.1, 0.15) is 30.1 Å². The minimum Gasteiger partial charge on any atom is -0.386 e. The molecule has 2 atom stereocenters. The van der Waals surface area contributed by atoms with Gasteiger partial charge >= 0.3 is 0 Å². The van der Waals surface area contributed by atoms with Crippen molar-refractivity contribution in [2.24, 2.45) is 0 Å². The summed E-state index contributed by atoms with van der Waals surface area (Å²) in [5.41, 5.74) is 0.435. The van der Waals surface area contributed by atoms with Crippen LogP contribution in [0.15, 0.2) is 35.0 Å². The van der Waals surface area contributed by atoms with Gasteiger partial charge in [-0.2, -0.15) is 11.3 Å². The van der Waals surface area contributed by atoms with E-state index >= 15 is 0 Å². The fraction of sp³-hybridized carbons (Fsp3) is 0.267. The first-order chi connectivity index (χ1) is 10.0. The van der Waals surface area contributed by atoms with Gasteiger partial charge < -0.3 is 10.4 Å². The van der Waals surface area contributed by atoms with Crippen LogP contribution in [-0.4, -0.2) is 17.6 Å². The molecule has 112 valence electrons. The molecule has 1 heterocycles. The molecule has 2 rings (SSSR count). The summed E-state index contributed by atoms with van der Waals surface area (Å²) in [6, 6.07) is 5.19. The van der Waals surface area contributed by atoms with E-state index in [4.69, 9.17) is 0 Å². The third-order valence-electron chi connectivity index (χ3n) is 3.24. The van der Waals surface area contributed by atoms with Gasteiger partial charge in [0.1, 0.15) is 17.7 Å². The van der Waals surface area contributed by atoms with Gasteiger partial charge in [0, 0.05) is 6.54 Å². The van der Waals surface area contributed by atoms with Crippen molar-refractivity contribution in [2.75, 3.05) is 6.54 Å². The topological polar surface area (TPSA) is 49.3 Å². The molecule has 0 aliphatic heterocycles. The Kier molecular flexibility index (Phi) is 5.03. The number of rotatable bonds is 5. The lowest BCUT2D eigenvalue weighted by Crippen LogP contribution is -2.32. The molecule has 0 spiro atoms. The highest BCUT2D eigenvalue weighted by Crippen LogP contribution is 2.21. The lowest BCUT2D eigenvalue weighted by Gasteiger charge is -2.16. The second-order valence-electron chi connectivity index (χ2n) is 4.67. The van der Waals surface area contributed by atoms with E-state index in [1.807, 2.05) is 16.8 Å². The molecule has 1 aromatic heterocycles. The van der Waals surface area contributed by atoms with Crippen molar-refractivity contribution >= 4 is 17.2 Å². The lowest BCUT2D eigenvalue weighted by molar-refractivity contribution is -0.122. The summed E-state index contributed by atoms with van der Waals surface area (Å²) in [6.45, 7) is 1.48. The van der Waals surface area contributed by atoms with Crippen molar-refractivity contribution in [3.63, 3.8) is 0 Å². The first-order valence-corrected chi connectivity index (χ1v) is 7.36. The Balaban J connectivity index is 1.98. The number of hydrogen-bond donors (Lipinski definition) is 2. The standard InChI is InChI=1S/C15H15F2NO2S/c1-9(10-5-6-21-8-10)15(20)18-7-13(19)14-11(16)3-2-4-12(14)17/h2-6,8-9,13,19H,7H2,1H3,(H,18,20). The molecule has 21 heavy (non-hydrogen) atoms. The molecule has 1 aromatic carbocycles. The molecule has 6 heteroatoms. The average molecular weight is 311 g/mol. The van der Waals surface area contributed by atoms with Crippen molar-refractivity contribution in [1.29, 1.82) is 0 Å². The Bertz CT molecular complexity index is 596. The molecule has 1 amide bonds. The van der Waals surface area contributed by atoms with Crippen LogP contribution in [0.25, 0.3) is 0 Å². The molecule has 0 saturated carbocycles. The normalized spacial score (nSPS) is 13.7. The maximum atomic E-state index is 13.5. The van der Waals surface area contributed by atoms with E-state index < -0.39 is 23.3 Å². The minimum absolute atomic E-state index is 0.245. The fourth-order valence-corrected chi connectivity index (χ4v) is 2.71. The van der Waals surface area contributed by atoms with Crippen LogP contribution in [0.2, 0.25) is 0 Å². The highest BCUT2D eigenvalue weighted by atomic mass is 32.1. The molecule has 0 radical (unpaired) electrons. The van der Waals surface area contributed by atoms with Crippen LogP contribution in [0, 0.1) is 11.6 Å². The van der Waals surface area contributed by atoms with E-state index in [1.54, 1.807) is 6.92 Å². The van der Waals surface area contributed by atoms with Gasteiger partial charge in [0.05, 0.1) is 11.5 Å². The Morgan fingerprint density at radius 3 is 2.57 bits per heavy atom. The number of benzene rings is 1. The molecule has 2 unspecified atom stereocenters. The van der Waals surface area contributed by atoms with Gasteiger partial charge in [-0.15, -0.1) is 0 Å². The number of aliphatic hydroxyl groups is 1. The van der Waals surface area contributed by atoms with Gasteiger partial charge in [-0.3, -0.25) is 4.79 Å². The van der Waals surface area contributed by atoms with Crippen LogP contribution in [0.5, 0.6) is 0 Å². The van der Waals surface area contributed by atoms with Crippen molar-refractivity contribution in [3.05, 3.63) is 57.8 Å². The van der Waals surface area contributed by atoms with Crippen molar-refractivity contribution < 1.29 is 18.7 Å². The van der Waals surface area contributed by atoms with Gasteiger partial charge in [0.2, 0.25) is 5.91 Å². The zero-order valence-corrected chi connectivity index (χ0v) is 12.2. The van der Waals surface area contributed by atoms with Crippen LogP contribution in [-0.2, 0) is 4.79 Å². The SMILES string of the molecule is CC(C(=O)NCC(O)c1c(F)cccc1F)c1ccsc1. The van der Waals surface area contributed by atoms with Crippen LogP contribution < -0.4 is 5.32 Å². The Labute approximate surface area is 125 Å². The van der Waals surface area contributed by atoms with Crippen LogP contribution in [0.3, 0.4) is 0 Å². The molecule has 3 nitrogen and oxygen atoms in total. The van der Waals surface area contributed by atoms with E-state index in [2.05, 4.69) is 5.32 Å². The summed E-state index contributed by atoms with van der Waals surface area (Å²) >= 11 is 1.48. The lowest BCUT2D eigenvalue weighted by atomic mass is 10.0. The largest absolute Gasteiger partial charge is 0.386 e. The predicted octanol–water partition coefficient (Wildman–Crippen LogP) is 2.98. The number of carbonyl (C=O) groups excluding carboxylic acids is 1. The number of amides is 1. The second-order valence-corrected chi connectivity index (χ2v) is 5.45. The monoisotopic (exact) mass is 311 g/mol. The fourth-order valence-electron chi connectivity index (χ4n) is 1.95. The van der Waals surface area contributed by atoms with E-state index in [9.17, 15) is 18.7 Å². The van der Waals surface area contributed by atoms with Crippen molar-refractivity contribution in [3.8, 4) is 0 Å². The summed E-state index contributed by atoms with van der Waals surface area (Å²) in [5.74, 6) is -2.34. The molecule has 0 bridgehead atoms. The number of aliphatic hydroxyl groups excluding tert-OH is 1. The van der Waals surface area contributed by atoms with E-state index in [-0.39, 0.29) is 18.4 Å². The minimum atomic E-state index is -1.43. The third-order valence-corrected chi connectivity index (χ3v) is 3.94. The number of carbonyl (C=O) groups is 1.